The van der Waals surface area contributed by atoms with Crippen LogP contribution in [0, 0.1) is 11.6 Å². The van der Waals surface area contributed by atoms with E-state index in [0.29, 0.717) is 46.9 Å². The van der Waals surface area contributed by atoms with Gasteiger partial charge in [-0.3, -0.25) is 0 Å². The van der Waals surface area contributed by atoms with Crippen LogP contribution < -0.4 is 19.5 Å². The summed E-state index contributed by atoms with van der Waals surface area (Å²) in [6, 6.07) is 7.51. The van der Waals surface area contributed by atoms with Gasteiger partial charge in [0.05, 0.1) is 39.7 Å². The third-order valence-electron chi connectivity index (χ3n) is 5.77. The topological polar surface area (TPSA) is 95.3 Å². The molecule has 0 aliphatic carbocycles. The summed E-state index contributed by atoms with van der Waals surface area (Å²) in [5.74, 6) is 0.161. The highest BCUT2D eigenvalue weighted by molar-refractivity contribution is 5.89. The predicted octanol–water partition coefficient (Wildman–Crippen LogP) is 4.86. The SMILES string of the molecule is COc1cc(-c2cc(CN(C[C@H]3CCCO3)C(=O)Nc3ccc(F)cc3F)no2)cc(OC)c1OC. The molecule has 0 radical (unpaired) electrons. The highest BCUT2D eigenvalue weighted by Crippen LogP contribution is 2.41. The number of hydrogen-bond donors (Lipinski definition) is 1. The normalized spacial score (nSPS) is 15.0. The first-order valence-electron chi connectivity index (χ1n) is 11.3. The van der Waals surface area contributed by atoms with Gasteiger partial charge in [0, 0.05) is 30.8 Å². The largest absolute Gasteiger partial charge is 0.493 e. The summed E-state index contributed by atoms with van der Waals surface area (Å²) in [5.41, 5.74) is 0.968. The second kappa shape index (κ2) is 11.3. The Kier molecular flexibility index (Phi) is 7.89. The van der Waals surface area contributed by atoms with Crippen molar-refractivity contribution >= 4 is 11.7 Å². The highest BCUT2D eigenvalue weighted by atomic mass is 19.1. The van der Waals surface area contributed by atoms with E-state index in [0.717, 1.165) is 18.9 Å². The maximum Gasteiger partial charge on any atom is 0.322 e. The summed E-state index contributed by atoms with van der Waals surface area (Å²) in [6.07, 6.45) is 1.53. The van der Waals surface area contributed by atoms with E-state index in [9.17, 15) is 13.6 Å². The third-order valence-corrected chi connectivity index (χ3v) is 5.77. The minimum absolute atomic E-state index is 0.0719. The fourth-order valence-corrected chi connectivity index (χ4v) is 3.98. The molecule has 1 N–H and O–H groups in total. The first-order chi connectivity index (χ1) is 17.4. The summed E-state index contributed by atoms with van der Waals surface area (Å²) in [5, 5.41) is 6.60. The highest BCUT2D eigenvalue weighted by Gasteiger charge is 2.25. The van der Waals surface area contributed by atoms with Gasteiger partial charge in [-0.2, -0.15) is 0 Å². The zero-order valence-electron chi connectivity index (χ0n) is 20.2. The van der Waals surface area contributed by atoms with Gasteiger partial charge in [-0.1, -0.05) is 5.16 Å². The molecule has 0 unspecified atom stereocenters. The molecule has 3 aromatic rings. The second-order valence-corrected chi connectivity index (χ2v) is 8.17. The molecular weight excluding hydrogens is 476 g/mol. The maximum atomic E-state index is 14.1. The molecule has 1 aliphatic rings. The smallest absolute Gasteiger partial charge is 0.322 e. The molecule has 1 aliphatic heterocycles. The average molecular weight is 504 g/mol. The number of rotatable bonds is 9. The number of carbonyl (C=O) groups excluding carboxylic acids is 1. The molecule has 0 bridgehead atoms. The molecule has 11 heteroatoms. The van der Waals surface area contributed by atoms with Gasteiger partial charge in [-0.15, -0.1) is 0 Å². The molecule has 1 atom stereocenters. The van der Waals surface area contributed by atoms with E-state index >= 15 is 0 Å². The third kappa shape index (κ3) is 5.68. The van der Waals surface area contributed by atoms with Crippen LogP contribution in [0.1, 0.15) is 18.5 Å². The monoisotopic (exact) mass is 503 g/mol. The van der Waals surface area contributed by atoms with Crippen LogP contribution in [-0.4, -0.2) is 56.7 Å². The van der Waals surface area contributed by atoms with E-state index in [4.69, 9.17) is 23.5 Å². The summed E-state index contributed by atoms with van der Waals surface area (Å²) < 4.78 is 54.7. The van der Waals surface area contributed by atoms with Gasteiger partial charge >= 0.3 is 6.03 Å². The van der Waals surface area contributed by atoms with Gasteiger partial charge in [-0.05, 0) is 37.1 Å². The molecule has 0 spiro atoms. The van der Waals surface area contributed by atoms with Crippen LogP contribution in [0.3, 0.4) is 0 Å². The number of amides is 2. The number of anilines is 1. The molecule has 1 fully saturated rings. The lowest BCUT2D eigenvalue weighted by molar-refractivity contribution is 0.0814. The summed E-state index contributed by atoms with van der Waals surface area (Å²) in [4.78, 5) is 14.5. The van der Waals surface area contributed by atoms with Crippen molar-refractivity contribution in [3.8, 4) is 28.6 Å². The number of ether oxygens (including phenoxy) is 4. The standard InChI is InChI=1S/C25H27F2N3O6/c1-32-22-9-15(10-23(33-2)24(22)34-3)21-12-17(29-36-21)13-30(14-18-5-4-8-35-18)25(31)28-20-7-6-16(26)11-19(20)27/h6-7,9-12,18H,4-5,8,13-14H2,1-3H3,(H,28,31)/t18-/m1/s1. The minimum Gasteiger partial charge on any atom is -0.493 e. The number of hydrogen-bond acceptors (Lipinski definition) is 7. The Morgan fingerprint density at radius 3 is 2.47 bits per heavy atom. The van der Waals surface area contributed by atoms with Crippen LogP contribution >= 0.6 is 0 Å². The second-order valence-electron chi connectivity index (χ2n) is 8.17. The number of methoxy groups -OCH3 is 3. The van der Waals surface area contributed by atoms with E-state index in [1.54, 1.807) is 18.2 Å². The van der Waals surface area contributed by atoms with Crippen LogP contribution in [0.5, 0.6) is 17.2 Å². The van der Waals surface area contributed by atoms with Crippen LogP contribution in [0.25, 0.3) is 11.3 Å². The van der Waals surface area contributed by atoms with Gasteiger partial charge in [0.25, 0.3) is 0 Å². The van der Waals surface area contributed by atoms with E-state index in [1.807, 2.05) is 0 Å². The van der Waals surface area contributed by atoms with Gasteiger partial charge in [0.2, 0.25) is 5.75 Å². The quantitative estimate of drug-likeness (QED) is 0.446. The van der Waals surface area contributed by atoms with Crippen LogP contribution in [-0.2, 0) is 11.3 Å². The molecule has 36 heavy (non-hydrogen) atoms. The molecule has 2 amide bonds. The van der Waals surface area contributed by atoms with Gasteiger partial charge in [-0.25, -0.2) is 13.6 Å². The van der Waals surface area contributed by atoms with Gasteiger partial charge in [0.15, 0.2) is 17.3 Å². The van der Waals surface area contributed by atoms with Crippen LogP contribution in [0.15, 0.2) is 40.9 Å². The number of halogens is 2. The number of benzene rings is 2. The minimum atomic E-state index is -0.869. The first-order valence-corrected chi connectivity index (χ1v) is 11.3. The average Bonchev–Trinajstić information content (AvgIpc) is 3.56. The van der Waals surface area contributed by atoms with Gasteiger partial charge in [0.1, 0.15) is 17.3 Å². The van der Waals surface area contributed by atoms with Crippen LogP contribution in [0.4, 0.5) is 19.3 Å². The van der Waals surface area contributed by atoms with Crippen molar-refractivity contribution in [3.05, 3.63) is 53.7 Å². The van der Waals surface area contributed by atoms with E-state index in [1.165, 1.54) is 32.3 Å². The number of urea groups is 1. The van der Waals surface area contributed by atoms with E-state index in [2.05, 4.69) is 10.5 Å². The van der Waals surface area contributed by atoms with Crippen molar-refractivity contribution in [3.63, 3.8) is 0 Å². The molecular formula is C25H27F2N3O6. The zero-order valence-corrected chi connectivity index (χ0v) is 20.2. The van der Waals surface area contributed by atoms with Crippen molar-refractivity contribution in [2.75, 3.05) is 39.8 Å². The first kappa shape index (κ1) is 25.2. The molecule has 0 saturated carbocycles. The lowest BCUT2D eigenvalue weighted by Gasteiger charge is -2.25. The molecule has 2 heterocycles. The lowest BCUT2D eigenvalue weighted by atomic mass is 10.1. The zero-order chi connectivity index (χ0) is 25.7. The van der Waals surface area contributed by atoms with E-state index < -0.39 is 17.7 Å². The number of nitrogens with zero attached hydrogens (tertiary/aromatic N) is 2. The van der Waals surface area contributed by atoms with Crippen molar-refractivity contribution in [1.29, 1.82) is 0 Å². The Bertz CT molecular complexity index is 1190. The van der Waals surface area contributed by atoms with Crippen LogP contribution in [0.2, 0.25) is 0 Å². The maximum absolute atomic E-state index is 14.1. The Hall–Kier alpha value is -3.86. The van der Waals surface area contributed by atoms with Crippen molar-refractivity contribution in [1.82, 2.24) is 10.1 Å². The molecule has 4 rings (SSSR count). The summed E-state index contributed by atoms with van der Waals surface area (Å²) in [7, 11) is 4.54. The summed E-state index contributed by atoms with van der Waals surface area (Å²) in [6.45, 7) is 0.950. The van der Waals surface area contributed by atoms with E-state index in [-0.39, 0.29) is 24.9 Å². The lowest BCUT2D eigenvalue weighted by Crippen LogP contribution is -2.39. The number of aromatic nitrogens is 1. The number of nitrogens with one attached hydrogen (secondary N) is 1. The molecule has 192 valence electrons. The fraction of sp³-hybridized carbons (Fsp3) is 0.360. The molecule has 1 aromatic heterocycles. The molecule has 1 saturated heterocycles. The Morgan fingerprint density at radius 2 is 1.86 bits per heavy atom. The molecule has 2 aromatic carbocycles. The Balaban J connectivity index is 1.56. The van der Waals surface area contributed by atoms with Gasteiger partial charge < -0.3 is 33.7 Å². The van der Waals surface area contributed by atoms with Crippen molar-refractivity contribution in [2.24, 2.45) is 0 Å². The predicted molar refractivity (Wildman–Crippen MR) is 126 cm³/mol. The Morgan fingerprint density at radius 1 is 1.11 bits per heavy atom. The number of carbonyl (C=O) groups is 1. The Labute approximate surface area is 206 Å². The molecule has 9 nitrogen and oxygen atoms in total. The fourth-order valence-electron chi connectivity index (χ4n) is 3.98. The van der Waals surface area contributed by atoms with Crippen molar-refractivity contribution < 1.29 is 37.0 Å². The summed E-state index contributed by atoms with van der Waals surface area (Å²) >= 11 is 0. The van der Waals surface area contributed by atoms with Crippen molar-refractivity contribution in [2.45, 2.75) is 25.5 Å².